The lowest BCUT2D eigenvalue weighted by Gasteiger charge is -2.15. The van der Waals surface area contributed by atoms with Gasteiger partial charge < -0.3 is 9.47 Å². The van der Waals surface area contributed by atoms with Gasteiger partial charge in [0.05, 0.1) is 19.3 Å². The Hall–Kier alpha value is -1.82. The molecular formula is C14H21NO4Si. The summed E-state index contributed by atoms with van der Waals surface area (Å²) >= 11 is 0. The number of hydrogen-bond donors (Lipinski definition) is 1. The number of methoxy groups -OCH3 is 1. The van der Waals surface area contributed by atoms with Crippen molar-refractivity contribution >= 4 is 25.8 Å². The van der Waals surface area contributed by atoms with Crippen LogP contribution in [0.15, 0.2) is 24.3 Å². The van der Waals surface area contributed by atoms with E-state index in [0.717, 1.165) is 6.04 Å². The molecule has 0 aromatic heterocycles. The summed E-state index contributed by atoms with van der Waals surface area (Å²) in [6.07, 6.45) is -0.478. The number of amides is 1. The summed E-state index contributed by atoms with van der Waals surface area (Å²) in [5.41, 5.74) is 1.01. The van der Waals surface area contributed by atoms with Crippen molar-refractivity contribution in [2.45, 2.75) is 25.7 Å². The molecule has 6 heteroatoms. The minimum atomic E-state index is -1.20. The summed E-state index contributed by atoms with van der Waals surface area (Å²) in [6.45, 7) is 7.10. The molecule has 0 atom stereocenters. The summed E-state index contributed by atoms with van der Waals surface area (Å²) in [7, 11) is 0.127. The van der Waals surface area contributed by atoms with Crippen LogP contribution in [0.4, 0.5) is 10.5 Å². The number of esters is 1. The molecule has 1 aromatic carbocycles. The van der Waals surface area contributed by atoms with Crippen LogP contribution in [0, 0.1) is 0 Å². The second-order valence-corrected chi connectivity index (χ2v) is 11.3. The molecular weight excluding hydrogens is 274 g/mol. The van der Waals surface area contributed by atoms with E-state index < -0.39 is 20.1 Å². The fourth-order valence-electron chi connectivity index (χ4n) is 1.41. The van der Waals surface area contributed by atoms with Gasteiger partial charge in [-0.2, -0.15) is 0 Å². The molecule has 0 bridgehead atoms. The summed E-state index contributed by atoms with van der Waals surface area (Å²) in [5.74, 6) is -0.408. The van der Waals surface area contributed by atoms with Crippen LogP contribution in [0.1, 0.15) is 10.4 Å². The minimum Gasteiger partial charge on any atom is -0.465 e. The number of benzene rings is 1. The van der Waals surface area contributed by atoms with Gasteiger partial charge in [-0.3, -0.25) is 5.32 Å². The molecule has 0 saturated carbocycles. The van der Waals surface area contributed by atoms with E-state index in [2.05, 4.69) is 29.7 Å². The van der Waals surface area contributed by atoms with Gasteiger partial charge in [-0.05, 0) is 30.3 Å². The van der Waals surface area contributed by atoms with Crippen LogP contribution in [-0.4, -0.2) is 33.9 Å². The smallest absolute Gasteiger partial charge is 0.411 e. The molecule has 0 heterocycles. The summed E-state index contributed by atoms with van der Waals surface area (Å²) in [5, 5.41) is 2.61. The average Bonchev–Trinajstić information content (AvgIpc) is 2.37. The topological polar surface area (TPSA) is 64.6 Å². The maximum atomic E-state index is 11.6. The fourth-order valence-corrected chi connectivity index (χ4v) is 2.13. The van der Waals surface area contributed by atoms with Crippen molar-refractivity contribution in [1.29, 1.82) is 0 Å². The van der Waals surface area contributed by atoms with Crippen molar-refractivity contribution in [3.05, 3.63) is 29.8 Å². The SMILES string of the molecule is COC(=O)c1ccc(NC(=O)OCC[Si](C)(C)C)cc1. The van der Waals surface area contributed by atoms with Crippen molar-refractivity contribution in [3.63, 3.8) is 0 Å². The molecule has 5 nitrogen and oxygen atoms in total. The third-order valence-electron chi connectivity index (χ3n) is 2.64. The van der Waals surface area contributed by atoms with E-state index in [-0.39, 0.29) is 0 Å². The Bertz CT molecular complexity index is 465. The quantitative estimate of drug-likeness (QED) is 0.668. The standard InChI is InChI=1S/C14H21NO4Si/c1-18-13(16)11-5-7-12(8-6-11)15-14(17)19-9-10-20(2,3)4/h5-8H,9-10H2,1-4H3,(H,15,17). The van der Waals surface area contributed by atoms with Crippen molar-refractivity contribution in [3.8, 4) is 0 Å². The first-order valence-electron chi connectivity index (χ1n) is 6.44. The molecule has 0 aliphatic carbocycles. The molecule has 110 valence electrons. The highest BCUT2D eigenvalue weighted by Gasteiger charge is 2.14. The van der Waals surface area contributed by atoms with E-state index in [1.54, 1.807) is 24.3 Å². The Morgan fingerprint density at radius 2 is 1.75 bits per heavy atom. The van der Waals surface area contributed by atoms with Crippen molar-refractivity contribution in [2.75, 3.05) is 19.0 Å². The predicted octanol–water partition coefficient (Wildman–Crippen LogP) is 3.36. The van der Waals surface area contributed by atoms with Crippen LogP contribution in [0.2, 0.25) is 25.7 Å². The van der Waals surface area contributed by atoms with Gasteiger partial charge in [-0.25, -0.2) is 9.59 Å². The normalized spacial score (nSPS) is 10.8. The predicted molar refractivity (Wildman–Crippen MR) is 80.9 cm³/mol. The summed E-state index contributed by atoms with van der Waals surface area (Å²) < 4.78 is 9.71. The van der Waals surface area contributed by atoms with Crippen LogP contribution in [-0.2, 0) is 9.47 Å². The Balaban J connectivity index is 2.44. The molecule has 1 amide bonds. The van der Waals surface area contributed by atoms with E-state index in [1.807, 2.05) is 0 Å². The van der Waals surface area contributed by atoms with E-state index >= 15 is 0 Å². The molecule has 20 heavy (non-hydrogen) atoms. The lowest BCUT2D eigenvalue weighted by Crippen LogP contribution is -2.24. The van der Waals surface area contributed by atoms with Crippen LogP contribution in [0.5, 0.6) is 0 Å². The second-order valence-electron chi connectivity index (χ2n) is 5.64. The highest BCUT2D eigenvalue weighted by molar-refractivity contribution is 6.76. The fraction of sp³-hybridized carbons (Fsp3) is 0.429. The van der Waals surface area contributed by atoms with Gasteiger partial charge in [-0.15, -0.1) is 0 Å². The molecule has 0 saturated heterocycles. The first kappa shape index (κ1) is 16.2. The Kier molecular flexibility index (Phi) is 5.76. The molecule has 0 aliphatic rings. The molecule has 0 fully saturated rings. The van der Waals surface area contributed by atoms with E-state index in [1.165, 1.54) is 7.11 Å². The molecule has 0 unspecified atom stereocenters. The number of nitrogens with one attached hydrogen (secondary N) is 1. The van der Waals surface area contributed by atoms with Gasteiger partial charge in [0.2, 0.25) is 0 Å². The molecule has 0 aliphatic heterocycles. The zero-order chi connectivity index (χ0) is 15.2. The maximum absolute atomic E-state index is 11.6. The van der Waals surface area contributed by atoms with Crippen LogP contribution in [0.25, 0.3) is 0 Å². The van der Waals surface area contributed by atoms with Crippen LogP contribution >= 0.6 is 0 Å². The number of carbonyl (C=O) groups excluding carboxylic acids is 2. The minimum absolute atomic E-state index is 0.408. The Morgan fingerprint density at radius 3 is 2.25 bits per heavy atom. The highest BCUT2D eigenvalue weighted by atomic mass is 28.3. The number of carbonyl (C=O) groups is 2. The average molecular weight is 295 g/mol. The van der Waals surface area contributed by atoms with Gasteiger partial charge in [-0.1, -0.05) is 19.6 Å². The first-order chi connectivity index (χ1) is 9.31. The molecule has 0 radical (unpaired) electrons. The second kappa shape index (κ2) is 7.09. The number of ether oxygens (including phenoxy) is 2. The van der Waals surface area contributed by atoms with Crippen molar-refractivity contribution < 1.29 is 19.1 Å². The number of anilines is 1. The van der Waals surface area contributed by atoms with Gasteiger partial charge >= 0.3 is 12.1 Å². The van der Waals surface area contributed by atoms with E-state index in [4.69, 9.17) is 4.74 Å². The molecule has 1 N–H and O–H groups in total. The van der Waals surface area contributed by atoms with Crippen LogP contribution in [0.3, 0.4) is 0 Å². The maximum Gasteiger partial charge on any atom is 0.411 e. The summed E-state index contributed by atoms with van der Waals surface area (Å²) in [6, 6.07) is 7.37. The first-order valence-corrected chi connectivity index (χ1v) is 10.1. The van der Waals surface area contributed by atoms with Gasteiger partial charge in [0, 0.05) is 13.8 Å². The lowest BCUT2D eigenvalue weighted by atomic mass is 10.2. The lowest BCUT2D eigenvalue weighted by molar-refractivity contribution is 0.0600. The molecule has 1 rings (SSSR count). The van der Waals surface area contributed by atoms with Crippen molar-refractivity contribution in [1.82, 2.24) is 0 Å². The zero-order valence-corrected chi connectivity index (χ0v) is 13.4. The monoisotopic (exact) mass is 295 g/mol. The van der Waals surface area contributed by atoms with Crippen molar-refractivity contribution in [2.24, 2.45) is 0 Å². The number of hydrogen-bond acceptors (Lipinski definition) is 4. The Labute approximate surface area is 120 Å². The van der Waals surface area contributed by atoms with Gasteiger partial charge in [0.25, 0.3) is 0 Å². The summed E-state index contributed by atoms with van der Waals surface area (Å²) in [4.78, 5) is 22.8. The van der Waals surface area contributed by atoms with Crippen LogP contribution < -0.4 is 5.32 Å². The number of rotatable bonds is 5. The molecule has 1 aromatic rings. The third-order valence-corrected chi connectivity index (χ3v) is 4.34. The molecule has 0 spiro atoms. The highest BCUT2D eigenvalue weighted by Crippen LogP contribution is 2.12. The zero-order valence-electron chi connectivity index (χ0n) is 12.4. The third kappa shape index (κ3) is 5.88. The Morgan fingerprint density at radius 1 is 1.15 bits per heavy atom. The van der Waals surface area contributed by atoms with E-state index in [9.17, 15) is 9.59 Å². The van der Waals surface area contributed by atoms with Gasteiger partial charge in [0.15, 0.2) is 0 Å². The largest absolute Gasteiger partial charge is 0.465 e. The van der Waals surface area contributed by atoms with E-state index in [0.29, 0.717) is 17.9 Å². The van der Waals surface area contributed by atoms with Gasteiger partial charge in [0.1, 0.15) is 0 Å².